The summed E-state index contributed by atoms with van der Waals surface area (Å²) in [6.45, 7) is 5.86. The highest BCUT2D eigenvalue weighted by Crippen LogP contribution is 2.32. The Morgan fingerprint density at radius 2 is 1.95 bits per heavy atom. The van der Waals surface area contributed by atoms with Crippen LogP contribution in [-0.2, 0) is 0 Å². The van der Waals surface area contributed by atoms with Gasteiger partial charge in [-0.25, -0.2) is 9.78 Å². The third kappa shape index (κ3) is 3.15. The van der Waals surface area contributed by atoms with Crippen molar-refractivity contribution in [2.75, 3.05) is 0 Å². The molecule has 1 N–H and O–H groups in total. The molecule has 0 amide bonds. The van der Waals surface area contributed by atoms with E-state index in [-0.39, 0.29) is 0 Å². The van der Waals surface area contributed by atoms with Gasteiger partial charge in [-0.05, 0) is 50.1 Å². The molecule has 1 aromatic carbocycles. The van der Waals surface area contributed by atoms with Gasteiger partial charge in [0, 0.05) is 10.6 Å². The van der Waals surface area contributed by atoms with Gasteiger partial charge in [-0.15, -0.1) is 0 Å². The highest BCUT2D eigenvalue weighted by molar-refractivity contribution is 7.99. The fourth-order valence-corrected chi connectivity index (χ4v) is 3.06. The Hall–Kier alpha value is -1.81. The molecule has 0 saturated heterocycles. The van der Waals surface area contributed by atoms with Gasteiger partial charge >= 0.3 is 5.97 Å². The van der Waals surface area contributed by atoms with E-state index >= 15 is 0 Å². The highest BCUT2D eigenvalue weighted by atomic mass is 32.2. The van der Waals surface area contributed by atoms with Crippen molar-refractivity contribution in [2.24, 2.45) is 0 Å². The van der Waals surface area contributed by atoms with E-state index in [0.29, 0.717) is 5.56 Å². The van der Waals surface area contributed by atoms with Crippen LogP contribution in [0.5, 0.6) is 0 Å². The van der Waals surface area contributed by atoms with Crippen LogP contribution in [0.2, 0.25) is 0 Å². The highest BCUT2D eigenvalue weighted by Gasteiger charge is 2.14. The summed E-state index contributed by atoms with van der Waals surface area (Å²) in [5, 5.41) is 10.1. The lowest BCUT2D eigenvalue weighted by atomic mass is 10.1. The Balaban J connectivity index is 2.45. The van der Waals surface area contributed by atoms with Gasteiger partial charge in [0.1, 0.15) is 5.03 Å². The minimum atomic E-state index is -0.907. The van der Waals surface area contributed by atoms with Gasteiger partial charge in [0.15, 0.2) is 0 Å². The molecule has 2 aromatic rings. The molecular weight excluding hydrogens is 258 g/mol. The first-order valence-electron chi connectivity index (χ1n) is 5.93. The number of carboxylic acids is 1. The van der Waals surface area contributed by atoms with E-state index in [1.807, 2.05) is 39.0 Å². The van der Waals surface area contributed by atoms with Crippen LogP contribution in [0.4, 0.5) is 0 Å². The summed E-state index contributed by atoms with van der Waals surface area (Å²) in [6, 6.07) is 9.27. The van der Waals surface area contributed by atoms with E-state index in [1.165, 1.54) is 11.8 Å². The third-order valence-corrected chi connectivity index (χ3v) is 3.89. The Bertz CT molecular complexity index is 618. The summed E-state index contributed by atoms with van der Waals surface area (Å²) < 4.78 is 0. The number of aromatic carboxylic acids is 1. The Kier molecular flexibility index (Phi) is 3.90. The number of aromatic nitrogens is 1. The Morgan fingerprint density at radius 3 is 2.58 bits per heavy atom. The van der Waals surface area contributed by atoms with Crippen molar-refractivity contribution in [1.29, 1.82) is 0 Å². The van der Waals surface area contributed by atoms with Gasteiger partial charge in [-0.1, -0.05) is 23.9 Å². The van der Waals surface area contributed by atoms with Gasteiger partial charge in [-0.3, -0.25) is 0 Å². The van der Waals surface area contributed by atoms with Gasteiger partial charge < -0.3 is 5.11 Å². The summed E-state index contributed by atoms with van der Waals surface area (Å²) in [4.78, 5) is 16.5. The van der Waals surface area contributed by atoms with E-state index in [2.05, 4.69) is 4.98 Å². The molecule has 1 aromatic heterocycles. The van der Waals surface area contributed by atoms with Crippen LogP contribution in [0, 0.1) is 20.8 Å². The van der Waals surface area contributed by atoms with Crippen molar-refractivity contribution in [3.05, 3.63) is 52.7 Å². The molecule has 1 heterocycles. The number of carbonyl (C=O) groups is 1. The average Bonchev–Trinajstić information content (AvgIpc) is 2.30. The third-order valence-electron chi connectivity index (χ3n) is 2.72. The molecule has 4 heteroatoms. The maximum atomic E-state index is 11.3. The van der Waals surface area contributed by atoms with Crippen molar-refractivity contribution in [2.45, 2.75) is 30.7 Å². The van der Waals surface area contributed by atoms with Gasteiger partial charge in [-0.2, -0.15) is 0 Å². The summed E-state index contributed by atoms with van der Waals surface area (Å²) in [5.41, 5.74) is 3.34. The number of carboxylic acid groups (broad SMARTS) is 1. The minimum Gasteiger partial charge on any atom is -0.478 e. The largest absolute Gasteiger partial charge is 0.478 e. The van der Waals surface area contributed by atoms with E-state index < -0.39 is 5.97 Å². The number of pyridine rings is 1. The molecule has 0 unspecified atom stereocenters. The fraction of sp³-hybridized carbons (Fsp3) is 0.200. The minimum absolute atomic E-state index is 0.325. The maximum Gasteiger partial charge on any atom is 0.336 e. The zero-order valence-corrected chi connectivity index (χ0v) is 11.9. The molecule has 0 saturated carbocycles. The molecule has 2 rings (SSSR count). The molecule has 19 heavy (non-hydrogen) atoms. The van der Waals surface area contributed by atoms with E-state index in [9.17, 15) is 9.90 Å². The monoisotopic (exact) mass is 273 g/mol. The first kappa shape index (κ1) is 13.6. The van der Waals surface area contributed by atoms with Crippen molar-refractivity contribution in [3.8, 4) is 0 Å². The van der Waals surface area contributed by atoms with E-state index in [0.717, 1.165) is 26.7 Å². The normalized spacial score (nSPS) is 10.5. The number of hydrogen-bond donors (Lipinski definition) is 1. The molecule has 0 aliphatic rings. The molecule has 0 spiro atoms. The van der Waals surface area contributed by atoms with E-state index in [1.54, 1.807) is 12.1 Å². The molecule has 3 nitrogen and oxygen atoms in total. The maximum absolute atomic E-state index is 11.3. The van der Waals surface area contributed by atoms with Crippen LogP contribution >= 0.6 is 11.8 Å². The molecule has 0 aliphatic carbocycles. The van der Waals surface area contributed by atoms with Crippen molar-refractivity contribution < 1.29 is 9.90 Å². The summed E-state index contributed by atoms with van der Waals surface area (Å²) in [7, 11) is 0. The molecule has 98 valence electrons. The van der Waals surface area contributed by atoms with Crippen molar-refractivity contribution in [1.82, 2.24) is 4.98 Å². The van der Waals surface area contributed by atoms with Crippen molar-refractivity contribution >= 4 is 17.7 Å². The van der Waals surface area contributed by atoms with Crippen LogP contribution in [0.15, 0.2) is 40.3 Å². The predicted molar refractivity (Wildman–Crippen MR) is 76.0 cm³/mol. The molecular formula is C15H15NO2S. The predicted octanol–water partition coefficient (Wildman–Crippen LogP) is 3.86. The average molecular weight is 273 g/mol. The van der Waals surface area contributed by atoms with Gasteiger partial charge in [0.25, 0.3) is 0 Å². The van der Waals surface area contributed by atoms with Crippen LogP contribution in [0.1, 0.15) is 27.2 Å². The van der Waals surface area contributed by atoms with Gasteiger partial charge in [0.05, 0.1) is 5.56 Å². The lowest BCUT2D eigenvalue weighted by Crippen LogP contribution is -2.00. The quantitative estimate of drug-likeness (QED) is 0.922. The topological polar surface area (TPSA) is 50.2 Å². The second-order valence-electron chi connectivity index (χ2n) is 4.48. The fourth-order valence-electron chi connectivity index (χ4n) is 1.92. The van der Waals surface area contributed by atoms with Crippen LogP contribution < -0.4 is 0 Å². The zero-order valence-electron chi connectivity index (χ0n) is 11.1. The summed E-state index contributed by atoms with van der Waals surface area (Å²) in [6.07, 6.45) is 0. The van der Waals surface area contributed by atoms with Crippen molar-refractivity contribution in [3.63, 3.8) is 0 Å². The zero-order chi connectivity index (χ0) is 14.0. The van der Waals surface area contributed by atoms with Gasteiger partial charge in [0.2, 0.25) is 0 Å². The number of hydrogen-bond acceptors (Lipinski definition) is 3. The number of rotatable bonds is 3. The number of aryl methyl sites for hydroxylation is 3. The molecule has 0 atom stereocenters. The van der Waals surface area contributed by atoms with E-state index in [4.69, 9.17) is 0 Å². The molecule has 0 fully saturated rings. The first-order chi connectivity index (χ1) is 8.97. The second kappa shape index (κ2) is 5.45. The summed E-state index contributed by atoms with van der Waals surface area (Å²) in [5.74, 6) is -0.907. The Labute approximate surface area is 116 Å². The van der Waals surface area contributed by atoms with Crippen LogP contribution in [0.25, 0.3) is 0 Å². The smallest absolute Gasteiger partial charge is 0.336 e. The number of benzene rings is 1. The lowest BCUT2D eigenvalue weighted by molar-refractivity contribution is 0.0693. The standard InChI is InChI=1S/C15H15NO2S/c1-9-7-11(3)16-13(8-9)19-14-10(2)5-4-6-12(14)15(17)18/h4-8H,1-3H3,(H,17,18). The lowest BCUT2D eigenvalue weighted by Gasteiger charge is -2.09. The number of nitrogens with zero attached hydrogens (tertiary/aromatic N) is 1. The SMILES string of the molecule is Cc1cc(C)nc(Sc2c(C)cccc2C(=O)O)c1. The first-order valence-corrected chi connectivity index (χ1v) is 6.75. The van der Waals surface area contributed by atoms with Crippen LogP contribution in [0.3, 0.4) is 0 Å². The molecule has 0 radical (unpaired) electrons. The second-order valence-corrected chi connectivity index (χ2v) is 5.51. The Morgan fingerprint density at radius 1 is 1.21 bits per heavy atom. The molecule has 0 bridgehead atoms. The molecule has 0 aliphatic heterocycles. The van der Waals surface area contributed by atoms with Crippen LogP contribution in [-0.4, -0.2) is 16.1 Å². The summed E-state index contributed by atoms with van der Waals surface area (Å²) >= 11 is 1.41.